The van der Waals surface area contributed by atoms with Crippen LogP contribution in [0.4, 0.5) is 0 Å². The van der Waals surface area contributed by atoms with Crippen molar-refractivity contribution >= 4 is 21.7 Å². The number of Topliss-reactive ketones (excluding diaryl/α,β-unsaturated/α-hetero) is 1. The smallest absolute Gasteiger partial charge is 0.342 e. The Hall–Kier alpha value is -2.06. The van der Waals surface area contributed by atoms with Crippen LogP contribution in [-0.2, 0) is 15.0 Å². The van der Waals surface area contributed by atoms with Gasteiger partial charge in [0, 0.05) is 6.20 Å². The predicted octanol–water partition coefficient (Wildman–Crippen LogP) is -0.836. The number of nitrogens with zero attached hydrogens (tertiary/aromatic N) is 2. The maximum atomic E-state index is 11.5. The van der Waals surface area contributed by atoms with Crippen LogP contribution in [0.3, 0.4) is 0 Å². The van der Waals surface area contributed by atoms with Gasteiger partial charge in [-0.2, -0.15) is 8.42 Å². The zero-order valence-corrected chi connectivity index (χ0v) is 9.88. The average molecular weight is 267 g/mol. The summed E-state index contributed by atoms with van der Waals surface area (Å²) in [4.78, 5) is 15.3. The minimum absolute atomic E-state index is 0.0474. The molecule has 0 saturated heterocycles. The molecule has 2 heterocycles. The zero-order chi connectivity index (χ0) is 13.2. The van der Waals surface area contributed by atoms with Crippen LogP contribution >= 0.6 is 0 Å². The molecule has 94 valence electrons. The minimum atomic E-state index is -3.99. The van der Waals surface area contributed by atoms with E-state index in [-0.39, 0.29) is 11.4 Å². The fraction of sp³-hybridized carbons (Fsp3) is 0.100. The van der Waals surface area contributed by atoms with Crippen molar-refractivity contribution < 1.29 is 18.3 Å². The molecule has 1 aromatic rings. The topological polar surface area (TPSA) is 109 Å². The molecule has 2 N–H and O–H groups in total. The summed E-state index contributed by atoms with van der Waals surface area (Å²) in [6.45, 7) is -0.788. The van der Waals surface area contributed by atoms with Gasteiger partial charge in [0.15, 0.2) is 0 Å². The summed E-state index contributed by atoms with van der Waals surface area (Å²) in [6.07, 6.45) is 2.72. The van der Waals surface area contributed by atoms with Gasteiger partial charge in [-0.05, 0) is 18.2 Å². The Morgan fingerprint density at radius 3 is 2.78 bits per heavy atom. The van der Waals surface area contributed by atoms with E-state index in [4.69, 9.17) is 5.11 Å². The molecule has 0 bridgehead atoms. The van der Waals surface area contributed by atoms with Gasteiger partial charge in [0.05, 0.1) is 11.4 Å². The van der Waals surface area contributed by atoms with E-state index < -0.39 is 22.6 Å². The van der Waals surface area contributed by atoms with E-state index >= 15 is 0 Å². The van der Waals surface area contributed by atoms with E-state index in [1.54, 1.807) is 18.2 Å². The number of aromatic nitrogens is 1. The third-order valence-corrected chi connectivity index (χ3v) is 3.02. The summed E-state index contributed by atoms with van der Waals surface area (Å²) in [6, 6.07) is 4.90. The van der Waals surface area contributed by atoms with Gasteiger partial charge >= 0.3 is 10.2 Å². The first kappa shape index (κ1) is 12.4. The summed E-state index contributed by atoms with van der Waals surface area (Å²) < 4.78 is 28.3. The first-order valence-electron chi connectivity index (χ1n) is 4.92. The number of carbonyl (C=O) groups is 1. The largest absolute Gasteiger partial charge is 0.388 e. The van der Waals surface area contributed by atoms with Crippen LogP contribution < -0.4 is 4.72 Å². The Balaban J connectivity index is 2.49. The molecule has 0 amide bonds. The van der Waals surface area contributed by atoms with Crippen LogP contribution in [-0.4, -0.2) is 36.6 Å². The number of rotatable bonds is 3. The second kappa shape index (κ2) is 4.67. The van der Waals surface area contributed by atoms with Gasteiger partial charge in [-0.15, -0.1) is 4.40 Å². The number of aliphatic hydroxyl groups is 1. The third kappa shape index (κ3) is 2.60. The van der Waals surface area contributed by atoms with E-state index in [0.717, 1.165) is 0 Å². The first-order valence-corrected chi connectivity index (χ1v) is 6.36. The van der Waals surface area contributed by atoms with Crippen molar-refractivity contribution in [1.82, 2.24) is 9.71 Å². The lowest BCUT2D eigenvalue weighted by molar-refractivity contribution is -0.118. The van der Waals surface area contributed by atoms with Crippen LogP contribution in [0.5, 0.6) is 0 Å². The minimum Gasteiger partial charge on any atom is -0.388 e. The van der Waals surface area contributed by atoms with Gasteiger partial charge in [-0.25, -0.2) is 0 Å². The molecular formula is C10H9N3O4S. The normalized spacial score (nSPS) is 17.4. The number of ketones is 1. The quantitative estimate of drug-likeness (QED) is 0.742. The lowest BCUT2D eigenvalue weighted by Crippen LogP contribution is -2.32. The number of pyridine rings is 1. The van der Waals surface area contributed by atoms with E-state index in [9.17, 15) is 13.2 Å². The van der Waals surface area contributed by atoms with Gasteiger partial charge < -0.3 is 5.11 Å². The maximum Gasteiger partial charge on any atom is 0.342 e. The van der Waals surface area contributed by atoms with Gasteiger partial charge in [0.2, 0.25) is 5.78 Å². The van der Waals surface area contributed by atoms with Gasteiger partial charge in [-0.3, -0.25) is 14.5 Å². The number of nitrogens with one attached hydrogen (secondary N) is 1. The van der Waals surface area contributed by atoms with Crippen molar-refractivity contribution in [2.24, 2.45) is 4.40 Å². The Kier molecular flexibility index (Phi) is 3.21. The van der Waals surface area contributed by atoms with Crippen LogP contribution in [0.1, 0.15) is 5.69 Å². The van der Waals surface area contributed by atoms with Crippen LogP contribution in [0, 0.1) is 0 Å². The lowest BCUT2D eigenvalue weighted by atomic mass is 10.2. The highest BCUT2D eigenvalue weighted by molar-refractivity contribution is 7.88. The van der Waals surface area contributed by atoms with E-state index in [2.05, 4.69) is 9.38 Å². The summed E-state index contributed by atoms with van der Waals surface area (Å²) in [5, 5.41) is 8.73. The Labute approximate surface area is 103 Å². The van der Waals surface area contributed by atoms with Gasteiger partial charge in [0.25, 0.3) is 0 Å². The average Bonchev–Trinajstić information content (AvgIpc) is 2.37. The lowest BCUT2D eigenvalue weighted by Gasteiger charge is -2.13. The van der Waals surface area contributed by atoms with Crippen molar-refractivity contribution in [2.75, 3.05) is 6.61 Å². The van der Waals surface area contributed by atoms with Crippen molar-refractivity contribution in [2.45, 2.75) is 0 Å². The van der Waals surface area contributed by atoms with Crippen molar-refractivity contribution in [1.29, 1.82) is 0 Å². The summed E-state index contributed by atoms with van der Waals surface area (Å²) in [5.41, 5.74) is 0.144. The number of carbonyl (C=O) groups excluding carboxylic acids is 1. The Morgan fingerprint density at radius 2 is 2.17 bits per heavy atom. The highest BCUT2D eigenvalue weighted by Gasteiger charge is 2.23. The van der Waals surface area contributed by atoms with Crippen LogP contribution in [0.2, 0.25) is 0 Å². The van der Waals surface area contributed by atoms with Gasteiger partial charge in [-0.1, -0.05) is 6.07 Å². The standard InChI is InChI=1S/C10H9N3O4S/c14-6-10(15)9-5-8(12-18(16,17)13-9)7-3-1-2-4-11-7/h1-5,13-14H,6H2. The molecule has 0 saturated carbocycles. The molecule has 0 unspecified atom stereocenters. The Morgan fingerprint density at radius 1 is 1.39 bits per heavy atom. The summed E-state index contributed by atoms with van der Waals surface area (Å²) in [5.74, 6) is -0.734. The highest BCUT2D eigenvalue weighted by Crippen LogP contribution is 2.10. The maximum absolute atomic E-state index is 11.5. The predicted molar refractivity (Wildman–Crippen MR) is 63.0 cm³/mol. The van der Waals surface area contributed by atoms with Crippen LogP contribution in [0.15, 0.2) is 40.6 Å². The van der Waals surface area contributed by atoms with E-state index in [1.165, 1.54) is 12.3 Å². The molecule has 0 radical (unpaired) electrons. The Bertz CT molecular complexity index is 634. The van der Waals surface area contributed by atoms with Gasteiger partial charge in [0.1, 0.15) is 12.3 Å². The summed E-state index contributed by atoms with van der Waals surface area (Å²) >= 11 is 0. The van der Waals surface area contributed by atoms with Crippen LogP contribution in [0.25, 0.3) is 0 Å². The molecule has 18 heavy (non-hydrogen) atoms. The molecule has 0 aromatic carbocycles. The SMILES string of the molecule is O=C(CO)C1=CC(c2ccccn2)=NS(=O)(=O)N1. The first-order chi connectivity index (χ1) is 8.52. The zero-order valence-electron chi connectivity index (χ0n) is 9.07. The van der Waals surface area contributed by atoms with Crippen molar-refractivity contribution in [3.63, 3.8) is 0 Å². The third-order valence-electron chi connectivity index (χ3n) is 2.11. The monoisotopic (exact) mass is 267 g/mol. The number of hydrogen-bond acceptors (Lipinski definition) is 5. The molecule has 2 rings (SSSR count). The molecular weight excluding hydrogens is 258 g/mol. The molecule has 1 aliphatic heterocycles. The highest BCUT2D eigenvalue weighted by atomic mass is 32.2. The molecule has 1 aromatic heterocycles. The number of hydrogen-bond donors (Lipinski definition) is 2. The summed E-state index contributed by atoms with van der Waals surface area (Å²) in [7, 11) is -3.99. The molecule has 7 nitrogen and oxygen atoms in total. The van der Waals surface area contributed by atoms with Crippen molar-refractivity contribution in [3.8, 4) is 0 Å². The molecule has 0 fully saturated rings. The molecule has 0 spiro atoms. The molecule has 8 heteroatoms. The molecule has 1 aliphatic rings. The molecule has 0 aliphatic carbocycles. The second-order valence-electron chi connectivity index (χ2n) is 3.41. The van der Waals surface area contributed by atoms with E-state index in [1.807, 2.05) is 4.72 Å². The van der Waals surface area contributed by atoms with Crippen molar-refractivity contribution in [3.05, 3.63) is 41.9 Å². The number of aliphatic hydroxyl groups excluding tert-OH is 1. The fourth-order valence-electron chi connectivity index (χ4n) is 1.34. The number of allylic oxidation sites excluding steroid dienone is 1. The van der Waals surface area contributed by atoms with E-state index in [0.29, 0.717) is 5.69 Å². The molecule has 0 atom stereocenters. The second-order valence-corrected chi connectivity index (χ2v) is 4.74. The fourth-order valence-corrected chi connectivity index (χ4v) is 2.24.